The molecule has 1 aromatic carbocycles. The molecular formula is C15H11N7O4S. The molecule has 3 heterocycles. The third kappa shape index (κ3) is 3.37. The van der Waals surface area contributed by atoms with Crippen LogP contribution in [0.2, 0.25) is 0 Å². The number of thioether (sulfide) groups is 1. The highest BCUT2D eigenvalue weighted by Gasteiger charge is 2.17. The standard InChI is InChI=1S/C15H11N7O4S/c16-21-14(11-5-2-6-25-11)18-19-15(21)27-8-12-17-13(20-26-12)9-3-1-4-10(7-9)22(23)24/h1-7H,8,16H2. The van der Waals surface area contributed by atoms with Crippen LogP contribution in [0.15, 0.2) is 56.8 Å². The summed E-state index contributed by atoms with van der Waals surface area (Å²) in [5.41, 5.74) is 0.446. The molecule has 4 aromatic rings. The van der Waals surface area contributed by atoms with Crippen molar-refractivity contribution in [2.45, 2.75) is 10.9 Å². The average Bonchev–Trinajstić information content (AvgIpc) is 3.41. The molecule has 0 fully saturated rings. The number of nitrogens with zero attached hydrogens (tertiary/aromatic N) is 6. The molecular weight excluding hydrogens is 374 g/mol. The van der Waals surface area contributed by atoms with Gasteiger partial charge in [-0.2, -0.15) is 4.98 Å². The summed E-state index contributed by atoms with van der Waals surface area (Å²) in [5, 5.41) is 23.2. The molecule has 0 atom stereocenters. The van der Waals surface area contributed by atoms with Crippen molar-refractivity contribution in [3.8, 4) is 23.0 Å². The first-order valence-corrected chi connectivity index (χ1v) is 8.55. The molecule has 3 aromatic heterocycles. The Labute approximate surface area is 155 Å². The second-order valence-electron chi connectivity index (χ2n) is 5.26. The second-order valence-corrected chi connectivity index (χ2v) is 6.20. The maximum Gasteiger partial charge on any atom is 0.270 e. The number of furan rings is 1. The molecule has 0 aliphatic rings. The molecule has 0 saturated heterocycles. The van der Waals surface area contributed by atoms with E-state index in [-0.39, 0.29) is 11.5 Å². The minimum absolute atomic E-state index is 0.0464. The molecule has 0 aliphatic heterocycles. The highest BCUT2D eigenvalue weighted by Crippen LogP contribution is 2.26. The number of non-ortho nitro benzene ring substituents is 1. The summed E-state index contributed by atoms with van der Waals surface area (Å²) in [7, 11) is 0. The van der Waals surface area contributed by atoms with E-state index >= 15 is 0 Å². The van der Waals surface area contributed by atoms with Gasteiger partial charge < -0.3 is 14.8 Å². The van der Waals surface area contributed by atoms with Gasteiger partial charge in [0.05, 0.1) is 16.9 Å². The van der Waals surface area contributed by atoms with E-state index in [2.05, 4.69) is 20.3 Å². The van der Waals surface area contributed by atoms with Crippen molar-refractivity contribution < 1.29 is 13.9 Å². The summed E-state index contributed by atoms with van der Waals surface area (Å²) >= 11 is 1.25. The second kappa shape index (κ2) is 6.92. The fourth-order valence-electron chi connectivity index (χ4n) is 2.26. The molecule has 0 radical (unpaired) electrons. The van der Waals surface area contributed by atoms with E-state index in [0.717, 1.165) is 0 Å². The van der Waals surface area contributed by atoms with Gasteiger partial charge in [-0.3, -0.25) is 10.1 Å². The molecule has 0 saturated carbocycles. The van der Waals surface area contributed by atoms with Gasteiger partial charge in [0.25, 0.3) is 5.69 Å². The molecule has 136 valence electrons. The zero-order valence-electron chi connectivity index (χ0n) is 13.6. The summed E-state index contributed by atoms with van der Waals surface area (Å²) in [6, 6.07) is 9.46. The van der Waals surface area contributed by atoms with Crippen LogP contribution in [0.3, 0.4) is 0 Å². The van der Waals surface area contributed by atoms with E-state index in [1.165, 1.54) is 34.8 Å². The Morgan fingerprint density at radius 2 is 2.15 bits per heavy atom. The van der Waals surface area contributed by atoms with Gasteiger partial charge in [-0.25, -0.2) is 4.68 Å². The van der Waals surface area contributed by atoms with Crippen molar-refractivity contribution in [1.82, 2.24) is 25.0 Å². The summed E-state index contributed by atoms with van der Waals surface area (Å²) in [5.74, 6) is 7.76. The molecule has 12 heteroatoms. The van der Waals surface area contributed by atoms with Crippen molar-refractivity contribution in [3.63, 3.8) is 0 Å². The minimum atomic E-state index is -0.481. The number of nitrogens with two attached hydrogens (primary N) is 1. The molecule has 4 rings (SSSR count). The summed E-state index contributed by atoms with van der Waals surface area (Å²) in [4.78, 5) is 14.6. The van der Waals surface area contributed by atoms with Crippen LogP contribution in [-0.2, 0) is 5.75 Å². The zero-order chi connectivity index (χ0) is 18.8. The van der Waals surface area contributed by atoms with Crippen molar-refractivity contribution in [2.24, 2.45) is 0 Å². The van der Waals surface area contributed by atoms with Crippen molar-refractivity contribution in [2.75, 3.05) is 5.84 Å². The molecule has 11 nitrogen and oxygen atoms in total. The van der Waals surface area contributed by atoms with E-state index in [1.54, 1.807) is 24.3 Å². The quantitative estimate of drug-likeness (QED) is 0.227. The van der Waals surface area contributed by atoms with Crippen LogP contribution in [0.25, 0.3) is 23.0 Å². The molecule has 0 aliphatic carbocycles. The number of hydrogen-bond donors (Lipinski definition) is 1. The van der Waals surface area contributed by atoms with E-state index < -0.39 is 4.92 Å². The molecule has 0 bridgehead atoms. The lowest BCUT2D eigenvalue weighted by atomic mass is 10.2. The predicted octanol–water partition coefficient (Wildman–Crippen LogP) is 2.50. The van der Waals surface area contributed by atoms with Gasteiger partial charge in [0.15, 0.2) is 5.76 Å². The van der Waals surface area contributed by atoms with Gasteiger partial charge in [0.2, 0.25) is 22.7 Å². The van der Waals surface area contributed by atoms with Crippen molar-refractivity contribution >= 4 is 17.4 Å². The summed E-state index contributed by atoms with van der Waals surface area (Å²) in [6.07, 6.45) is 1.52. The summed E-state index contributed by atoms with van der Waals surface area (Å²) in [6.45, 7) is 0. The highest BCUT2D eigenvalue weighted by atomic mass is 32.2. The van der Waals surface area contributed by atoms with Crippen LogP contribution in [0, 0.1) is 10.1 Å². The minimum Gasteiger partial charge on any atom is -0.461 e. The molecule has 27 heavy (non-hydrogen) atoms. The monoisotopic (exact) mass is 385 g/mol. The first-order valence-electron chi connectivity index (χ1n) is 7.56. The largest absolute Gasteiger partial charge is 0.461 e. The van der Waals surface area contributed by atoms with Crippen LogP contribution >= 0.6 is 11.8 Å². The van der Waals surface area contributed by atoms with E-state index in [0.29, 0.717) is 33.9 Å². The molecule has 0 spiro atoms. The van der Waals surface area contributed by atoms with Gasteiger partial charge in [-0.15, -0.1) is 10.2 Å². The lowest BCUT2D eigenvalue weighted by Crippen LogP contribution is -2.11. The van der Waals surface area contributed by atoms with Gasteiger partial charge in [-0.1, -0.05) is 29.1 Å². The highest BCUT2D eigenvalue weighted by molar-refractivity contribution is 7.98. The third-order valence-corrected chi connectivity index (χ3v) is 4.44. The molecule has 0 amide bonds. The van der Waals surface area contributed by atoms with Gasteiger partial charge >= 0.3 is 0 Å². The number of nitro benzene ring substituents is 1. The van der Waals surface area contributed by atoms with E-state index in [9.17, 15) is 10.1 Å². The first kappa shape index (κ1) is 16.8. The smallest absolute Gasteiger partial charge is 0.270 e. The van der Waals surface area contributed by atoms with Crippen molar-refractivity contribution in [1.29, 1.82) is 0 Å². The number of hydrogen-bond acceptors (Lipinski definition) is 10. The van der Waals surface area contributed by atoms with Gasteiger partial charge in [-0.05, 0) is 12.1 Å². The van der Waals surface area contributed by atoms with Crippen LogP contribution in [0.1, 0.15) is 5.89 Å². The number of rotatable bonds is 6. The topological polar surface area (TPSA) is 152 Å². The Hall–Kier alpha value is -3.67. The maximum atomic E-state index is 10.9. The average molecular weight is 385 g/mol. The predicted molar refractivity (Wildman–Crippen MR) is 93.8 cm³/mol. The fraction of sp³-hybridized carbons (Fsp3) is 0.0667. The maximum absolute atomic E-state index is 10.9. The molecule has 0 unspecified atom stereocenters. The Bertz CT molecular complexity index is 1090. The summed E-state index contributed by atoms with van der Waals surface area (Å²) < 4.78 is 11.8. The fourth-order valence-corrected chi connectivity index (χ4v) is 2.96. The zero-order valence-corrected chi connectivity index (χ0v) is 14.4. The number of benzene rings is 1. The number of aromatic nitrogens is 5. The first-order chi connectivity index (χ1) is 13.1. The molecule has 2 N–H and O–H groups in total. The van der Waals surface area contributed by atoms with E-state index in [1.807, 2.05) is 0 Å². The van der Waals surface area contributed by atoms with Crippen LogP contribution in [0.4, 0.5) is 5.69 Å². The van der Waals surface area contributed by atoms with Crippen LogP contribution in [0.5, 0.6) is 0 Å². The normalized spacial score (nSPS) is 11.0. The van der Waals surface area contributed by atoms with Gasteiger partial charge in [0.1, 0.15) is 0 Å². The lowest BCUT2D eigenvalue weighted by Gasteiger charge is -1.99. The number of nitrogen functional groups attached to an aromatic ring is 1. The Morgan fingerprint density at radius 1 is 1.26 bits per heavy atom. The van der Waals surface area contributed by atoms with Crippen LogP contribution < -0.4 is 5.84 Å². The van der Waals surface area contributed by atoms with Gasteiger partial charge in [0, 0.05) is 17.7 Å². The number of nitro groups is 1. The van der Waals surface area contributed by atoms with Crippen molar-refractivity contribution in [3.05, 3.63) is 58.7 Å². The Morgan fingerprint density at radius 3 is 2.93 bits per heavy atom. The third-order valence-electron chi connectivity index (χ3n) is 3.51. The lowest BCUT2D eigenvalue weighted by molar-refractivity contribution is -0.384. The SMILES string of the molecule is Nn1c(SCc2nc(-c3cccc([N+](=O)[O-])c3)no2)nnc1-c1ccco1. The Balaban J connectivity index is 1.48. The Kier molecular flexibility index (Phi) is 4.30. The van der Waals surface area contributed by atoms with Crippen LogP contribution in [-0.4, -0.2) is 29.9 Å². The van der Waals surface area contributed by atoms with E-state index in [4.69, 9.17) is 14.8 Å².